The Morgan fingerprint density at radius 3 is 2.35 bits per heavy atom. The SMILES string of the molecule is COc1ccc(C(=O)Nc2ccc(N3CCCCC3)cc2)cc1S(=O)(=O)NC1CCCCC1C. The lowest BCUT2D eigenvalue weighted by molar-refractivity contribution is 0.102. The van der Waals surface area contributed by atoms with E-state index in [-0.39, 0.29) is 34.1 Å². The number of benzene rings is 2. The van der Waals surface area contributed by atoms with Crippen molar-refractivity contribution in [3.05, 3.63) is 48.0 Å². The molecule has 34 heavy (non-hydrogen) atoms. The van der Waals surface area contributed by atoms with E-state index in [0.717, 1.165) is 44.5 Å². The summed E-state index contributed by atoms with van der Waals surface area (Å²) in [6.45, 7) is 4.19. The number of anilines is 2. The first kappa shape index (κ1) is 24.5. The molecule has 1 aliphatic heterocycles. The largest absolute Gasteiger partial charge is 0.495 e. The molecule has 2 unspecified atom stereocenters. The summed E-state index contributed by atoms with van der Waals surface area (Å²) in [7, 11) is -2.41. The lowest BCUT2D eigenvalue weighted by atomic mass is 9.87. The molecule has 1 aliphatic carbocycles. The average molecular weight is 486 g/mol. The smallest absolute Gasteiger partial charge is 0.255 e. The van der Waals surface area contributed by atoms with Gasteiger partial charge in [-0.2, -0.15) is 0 Å². The molecule has 0 radical (unpaired) electrons. The van der Waals surface area contributed by atoms with E-state index in [2.05, 4.69) is 21.9 Å². The van der Waals surface area contributed by atoms with E-state index in [0.29, 0.717) is 5.69 Å². The normalized spacial score (nSPS) is 21.2. The van der Waals surface area contributed by atoms with E-state index >= 15 is 0 Å². The number of carbonyl (C=O) groups is 1. The second-order valence-electron chi connectivity index (χ2n) is 9.40. The summed E-state index contributed by atoms with van der Waals surface area (Å²) in [5.41, 5.74) is 2.08. The fourth-order valence-corrected chi connectivity index (χ4v) is 6.47. The van der Waals surface area contributed by atoms with Gasteiger partial charge in [0.2, 0.25) is 10.0 Å². The van der Waals surface area contributed by atoms with Gasteiger partial charge < -0.3 is 15.0 Å². The van der Waals surface area contributed by atoms with Crippen LogP contribution in [0.1, 0.15) is 62.2 Å². The molecule has 1 saturated heterocycles. The quantitative estimate of drug-likeness (QED) is 0.589. The van der Waals surface area contributed by atoms with Gasteiger partial charge in [0.05, 0.1) is 7.11 Å². The number of nitrogens with one attached hydrogen (secondary N) is 2. The lowest BCUT2D eigenvalue weighted by Gasteiger charge is -2.29. The molecule has 2 atom stereocenters. The van der Waals surface area contributed by atoms with Crippen LogP contribution in [0.2, 0.25) is 0 Å². The number of ether oxygens (including phenoxy) is 1. The molecule has 0 bridgehead atoms. The van der Waals surface area contributed by atoms with Crippen LogP contribution in [0.25, 0.3) is 0 Å². The highest BCUT2D eigenvalue weighted by Crippen LogP contribution is 2.29. The third-order valence-corrected chi connectivity index (χ3v) is 8.49. The molecular formula is C26H35N3O4S. The van der Waals surface area contributed by atoms with Crippen LogP contribution in [-0.2, 0) is 10.0 Å². The highest BCUT2D eigenvalue weighted by atomic mass is 32.2. The molecule has 1 heterocycles. The Bertz CT molecular complexity index is 1100. The van der Waals surface area contributed by atoms with Crippen LogP contribution < -0.4 is 19.7 Å². The fourth-order valence-electron chi connectivity index (χ4n) is 4.89. The average Bonchev–Trinajstić information content (AvgIpc) is 2.86. The standard InChI is InChI=1S/C26H35N3O4S/c1-19-8-4-5-9-23(19)28-34(31,32)25-18-20(10-15-24(25)33-2)26(30)27-21-11-13-22(14-12-21)29-16-6-3-7-17-29/h10-15,18-19,23,28H,3-9,16-17H2,1-2H3,(H,27,30). The van der Waals surface area contributed by atoms with E-state index in [9.17, 15) is 13.2 Å². The first-order valence-corrected chi connectivity index (χ1v) is 13.7. The summed E-state index contributed by atoms with van der Waals surface area (Å²) >= 11 is 0. The summed E-state index contributed by atoms with van der Waals surface area (Å²) in [4.78, 5) is 15.3. The predicted octanol–water partition coefficient (Wildman–Crippen LogP) is 4.79. The van der Waals surface area contributed by atoms with E-state index in [1.165, 1.54) is 38.5 Å². The minimum absolute atomic E-state index is 0.0131. The van der Waals surface area contributed by atoms with Crippen molar-refractivity contribution in [2.45, 2.75) is 62.8 Å². The van der Waals surface area contributed by atoms with Crippen molar-refractivity contribution < 1.29 is 17.9 Å². The minimum atomic E-state index is -3.84. The summed E-state index contributed by atoms with van der Waals surface area (Å²) in [6.07, 6.45) is 7.63. The number of rotatable bonds is 7. The Morgan fingerprint density at radius 2 is 1.68 bits per heavy atom. The van der Waals surface area contributed by atoms with Crippen LogP contribution in [0.3, 0.4) is 0 Å². The lowest BCUT2D eigenvalue weighted by Crippen LogP contribution is -2.41. The number of amides is 1. The van der Waals surface area contributed by atoms with Gasteiger partial charge in [0, 0.05) is 36.1 Å². The molecule has 1 saturated carbocycles. The van der Waals surface area contributed by atoms with E-state index < -0.39 is 10.0 Å². The van der Waals surface area contributed by atoms with Crippen LogP contribution >= 0.6 is 0 Å². The molecule has 7 nitrogen and oxygen atoms in total. The molecule has 2 aliphatic rings. The first-order chi connectivity index (χ1) is 16.4. The number of sulfonamides is 1. The molecule has 184 valence electrons. The van der Waals surface area contributed by atoms with E-state index in [1.807, 2.05) is 24.3 Å². The van der Waals surface area contributed by atoms with Crippen molar-refractivity contribution in [3.63, 3.8) is 0 Å². The second kappa shape index (κ2) is 10.8. The molecule has 0 aromatic heterocycles. The van der Waals surface area contributed by atoms with Crippen molar-refractivity contribution in [3.8, 4) is 5.75 Å². The first-order valence-electron chi connectivity index (χ1n) is 12.2. The van der Waals surface area contributed by atoms with Gasteiger partial charge in [0.15, 0.2) is 0 Å². The molecule has 2 aromatic rings. The van der Waals surface area contributed by atoms with Gasteiger partial charge in [-0.05, 0) is 80.5 Å². The van der Waals surface area contributed by atoms with E-state index in [4.69, 9.17) is 4.74 Å². The number of methoxy groups -OCH3 is 1. The van der Waals surface area contributed by atoms with Gasteiger partial charge in [-0.1, -0.05) is 19.8 Å². The van der Waals surface area contributed by atoms with Crippen molar-refractivity contribution in [2.24, 2.45) is 5.92 Å². The van der Waals surface area contributed by atoms with E-state index in [1.54, 1.807) is 6.07 Å². The monoisotopic (exact) mass is 485 g/mol. The van der Waals surface area contributed by atoms with Crippen LogP contribution in [0.15, 0.2) is 47.4 Å². The Hall–Kier alpha value is -2.58. The van der Waals surface area contributed by atoms with Gasteiger partial charge in [0.25, 0.3) is 5.91 Å². The summed E-state index contributed by atoms with van der Waals surface area (Å²) < 4.78 is 34.6. The molecule has 0 spiro atoms. The second-order valence-corrected chi connectivity index (χ2v) is 11.1. The number of hydrogen-bond acceptors (Lipinski definition) is 5. The van der Waals surface area contributed by atoms with Crippen LogP contribution in [0.4, 0.5) is 11.4 Å². The maximum atomic E-state index is 13.2. The fraction of sp³-hybridized carbons (Fsp3) is 0.500. The zero-order valence-corrected chi connectivity index (χ0v) is 20.9. The number of piperidine rings is 1. The zero-order valence-electron chi connectivity index (χ0n) is 20.0. The molecule has 2 aromatic carbocycles. The third kappa shape index (κ3) is 5.73. The highest BCUT2D eigenvalue weighted by molar-refractivity contribution is 7.89. The van der Waals surface area contributed by atoms with Crippen molar-refractivity contribution in [1.82, 2.24) is 4.72 Å². The maximum Gasteiger partial charge on any atom is 0.255 e. The number of hydrogen-bond donors (Lipinski definition) is 2. The Kier molecular flexibility index (Phi) is 7.78. The topological polar surface area (TPSA) is 87.7 Å². The molecule has 8 heteroatoms. The highest BCUT2D eigenvalue weighted by Gasteiger charge is 2.29. The van der Waals surface area contributed by atoms with Crippen LogP contribution in [0.5, 0.6) is 5.75 Å². The number of nitrogens with zero attached hydrogens (tertiary/aromatic N) is 1. The van der Waals surface area contributed by atoms with Crippen molar-refractivity contribution in [2.75, 3.05) is 30.4 Å². The van der Waals surface area contributed by atoms with Crippen LogP contribution in [0, 0.1) is 5.92 Å². The summed E-state index contributed by atoms with van der Waals surface area (Å²) in [5, 5.41) is 2.88. The van der Waals surface area contributed by atoms with Gasteiger partial charge in [-0.15, -0.1) is 0 Å². The van der Waals surface area contributed by atoms with Gasteiger partial charge >= 0.3 is 0 Å². The Balaban J connectivity index is 1.49. The van der Waals surface area contributed by atoms with Crippen LogP contribution in [-0.4, -0.2) is 40.6 Å². The molecule has 1 amide bonds. The van der Waals surface area contributed by atoms with Gasteiger partial charge in [-0.25, -0.2) is 13.1 Å². The Labute approximate surface area is 202 Å². The summed E-state index contributed by atoms with van der Waals surface area (Å²) in [6, 6.07) is 12.2. The van der Waals surface area contributed by atoms with Crippen molar-refractivity contribution in [1.29, 1.82) is 0 Å². The predicted molar refractivity (Wildman–Crippen MR) is 135 cm³/mol. The van der Waals surface area contributed by atoms with Gasteiger partial charge in [0.1, 0.15) is 10.6 Å². The molecule has 2 N–H and O–H groups in total. The molecule has 2 fully saturated rings. The minimum Gasteiger partial charge on any atom is -0.495 e. The molecule has 4 rings (SSSR count). The maximum absolute atomic E-state index is 13.2. The zero-order chi connectivity index (χ0) is 24.1. The third-order valence-electron chi connectivity index (χ3n) is 6.98. The Morgan fingerprint density at radius 1 is 0.971 bits per heavy atom. The molecular weight excluding hydrogens is 450 g/mol. The summed E-state index contributed by atoms with van der Waals surface area (Å²) in [5.74, 6) is 0.128. The number of carbonyl (C=O) groups excluding carboxylic acids is 1. The van der Waals surface area contributed by atoms with Crippen molar-refractivity contribution >= 4 is 27.3 Å². The van der Waals surface area contributed by atoms with Gasteiger partial charge in [-0.3, -0.25) is 4.79 Å².